The number of aliphatic carboxylic acids is 1. The molecule has 0 unspecified atom stereocenters. The number of rotatable bonds is 6. The maximum absolute atomic E-state index is 12.6. The first-order chi connectivity index (χ1) is 9.53. The van der Waals surface area contributed by atoms with Crippen LogP contribution in [0.4, 0.5) is 0 Å². The Morgan fingerprint density at radius 3 is 2.40 bits per heavy atom. The quantitative estimate of drug-likeness (QED) is 0.867. The van der Waals surface area contributed by atoms with E-state index in [-0.39, 0.29) is 24.3 Å². The van der Waals surface area contributed by atoms with Crippen LogP contribution in [0.25, 0.3) is 0 Å². The van der Waals surface area contributed by atoms with Crippen molar-refractivity contribution in [3.05, 3.63) is 35.9 Å². The second kappa shape index (κ2) is 6.07. The number of nitrogens with zero attached hydrogens (tertiary/aromatic N) is 1. The Bertz CT molecular complexity index is 480. The van der Waals surface area contributed by atoms with Gasteiger partial charge in [-0.2, -0.15) is 0 Å². The number of carbonyl (C=O) groups is 2. The van der Waals surface area contributed by atoms with E-state index in [4.69, 9.17) is 5.11 Å². The summed E-state index contributed by atoms with van der Waals surface area (Å²) in [5.74, 6) is -0.774. The van der Waals surface area contributed by atoms with Crippen molar-refractivity contribution in [1.82, 2.24) is 4.90 Å². The first-order valence-corrected chi connectivity index (χ1v) is 7.05. The first kappa shape index (κ1) is 14.6. The molecule has 20 heavy (non-hydrogen) atoms. The molecular formula is C16H21NO3. The molecule has 4 heteroatoms. The van der Waals surface area contributed by atoms with Crippen molar-refractivity contribution >= 4 is 11.9 Å². The number of hydrogen-bond donors (Lipinski definition) is 1. The number of carboxylic acids is 1. The smallest absolute Gasteiger partial charge is 0.305 e. The summed E-state index contributed by atoms with van der Waals surface area (Å²) in [5, 5.41) is 8.72. The molecule has 0 aliphatic heterocycles. The predicted octanol–water partition coefficient (Wildman–Crippen LogP) is 2.33. The Labute approximate surface area is 119 Å². The molecule has 0 spiro atoms. The Morgan fingerprint density at radius 2 is 1.90 bits per heavy atom. The fourth-order valence-corrected chi connectivity index (χ4v) is 2.83. The molecule has 0 radical (unpaired) electrons. The highest BCUT2D eigenvalue weighted by Crippen LogP contribution is 2.45. The van der Waals surface area contributed by atoms with Crippen molar-refractivity contribution in [2.45, 2.75) is 32.1 Å². The SMILES string of the molecule is CN(CCC(=O)O)C(=O)C1(Cc2ccccc2)CCC1. The van der Waals surface area contributed by atoms with Gasteiger partial charge >= 0.3 is 5.97 Å². The van der Waals surface area contributed by atoms with Gasteiger partial charge in [0.05, 0.1) is 11.8 Å². The molecule has 0 saturated heterocycles. The highest BCUT2D eigenvalue weighted by molar-refractivity contribution is 5.84. The van der Waals surface area contributed by atoms with Crippen LogP contribution in [-0.2, 0) is 16.0 Å². The lowest BCUT2D eigenvalue weighted by molar-refractivity contribution is -0.147. The lowest BCUT2D eigenvalue weighted by Gasteiger charge is -2.43. The zero-order chi connectivity index (χ0) is 14.6. The molecule has 1 aromatic rings. The fraction of sp³-hybridized carbons (Fsp3) is 0.500. The lowest BCUT2D eigenvalue weighted by Crippen LogP contribution is -2.48. The summed E-state index contributed by atoms with van der Waals surface area (Å²) < 4.78 is 0. The van der Waals surface area contributed by atoms with E-state index in [0.717, 1.165) is 25.7 Å². The van der Waals surface area contributed by atoms with Gasteiger partial charge in [-0.3, -0.25) is 9.59 Å². The summed E-state index contributed by atoms with van der Waals surface area (Å²) in [6.45, 7) is 0.282. The highest BCUT2D eigenvalue weighted by Gasteiger charge is 2.45. The van der Waals surface area contributed by atoms with Crippen molar-refractivity contribution in [2.24, 2.45) is 5.41 Å². The van der Waals surface area contributed by atoms with Gasteiger partial charge in [-0.15, -0.1) is 0 Å². The van der Waals surface area contributed by atoms with Crippen molar-refractivity contribution in [2.75, 3.05) is 13.6 Å². The molecule has 1 amide bonds. The van der Waals surface area contributed by atoms with Gasteiger partial charge in [0, 0.05) is 13.6 Å². The van der Waals surface area contributed by atoms with E-state index >= 15 is 0 Å². The molecule has 1 saturated carbocycles. The predicted molar refractivity (Wildman–Crippen MR) is 76.3 cm³/mol. The molecule has 0 atom stereocenters. The highest BCUT2D eigenvalue weighted by atomic mass is 16.4. The molecule has 108 valence electrons. The fourth-order valence-electron chi connectivity index (χ4n) is 2.83. The standard InChI is InChI=1S/C16H21NO3/c1-17(11-8-14(18)19)15(20)16(9-5-10-16)12-13-6-3-2-4-7-13/h2-4,6-7H,5,8-12H2,1H3,(H,18,19). The van der Waals surface area contributed by atoms with Crippen molar-refractivity contribution in [1.29, 1.82) is 0 Å². The van der Waals surface area contributed by atoms with Gasteiger partial charge in [0.15, 0.2) is 0 Å². The second-order valence-corrected chi connectivity index (χ2v) is 5.67. The minimum atomic E-state index is -0.865. The Hall–Kier alpha value is -1.84. The maximum atomic E-state index is 12.6. The minimum Gasteiger partial charge on any atom is -0.481 e. The third kappa shape index (κ3) is 3.18. The van der Waals surface area contributed by atoms with Crippen LogP contribution in [0.3, 0.4) is 0 Å². The maximum Gasteiger partial charge on any atom is 0.305 e. The van der Waals surface area contributed by atoms with Crippen LogP contribution < -0.4 is 0 Å². The van der Waals surface area contributed by atoms with E-state index in [1.54, 1.807) is 11.9 Å². The molecule has 2 rings (SSSR count). The normalized spacial score (nSPS) is 16.2. The number of hydrogen-bond acceptors (Lipinski definition) is 2. The van der Waals surface area contributed by atoms with Gasteiger partial charge in [0.1, 0.15) is 0 Å². The van der Waals surface area contributed by atoms with E-state index in [1.807, 2.05) is 30.3 Å². The van der Waals surface area contributed by atoms with Crippen molar-refractivity contribution in [3.8, 4) is 0 Å². The summed E-state index contributed by atoms with van der Waals surface area (Å²) in [6.07, 6.45) is 3.63. The topological polar surface area (TPSA) is 57.6 Å². The molecule has 4 nitrogen and oxygen atoms in total. The van der Waals surface area contributed by atoms with E-state index in [9.17, 15) is 9.59 Å². The lowest BCUT2D eigenvalue weighted by atomic mass is 9.64. The first-order valence-electron chi connectivity index (χ1n) is 7.05. The largest absolute Gasteiger partial charge is 0.481 e. The van der Waals surface area contributed by atoms with E-state index in [0.29, 0.717) is 0 Å². The van der Waals surface area contributed by atoms with Crippen molar-refractivity contribution in [3.63, 3.8) is 0 Å². The third-order valence-electron chi connectivity index (χ3n) is 4.16. The van der Waals surface area contributed by atoms with E-state index in [1.165, 1.54) is 5.56 Å². The monoisotopic (exact) mass is 275 g/mol. The Morgan fingerprint density at radius 1 is 1.25 bits per heavy atom. The molecule has 0 aromatic heterocycles. The van der Waals surface area contributed by atoms with E-state index < -0.39 is 5.97 Å². The van der Waals surface area contributed by atoms with Crippen LogP contribution in [0.5, 0.6) is 0 Å². The molecule has 1 aliphatic carbocycles. The van der Waals surface area contributed by atoms with Crippen LogP contribution in [0.15, 0.2) is 30.3 Å². The molecule has 1 N–H and O–H groups in total. The zero-order valence-corrected chi connectivity index (χ0v) is 11.8. The summed E-state index contributed by atoms with van der Waals surface area (Å²) >= 11 is 0. The van der Waals surface area contributed by atoms with Gasteiger partial charge in [0.2, 0.25) is 5.91 Å². The summed E-state index contributed by atoms with van der Waals surface area (Å²) in [6, 6.07) is 10.0. The number of carbonyl (C=O) groups excluding carboxylic acids is 1. The summed E-state index contributed by atoms with van der Waals surface area (Å²) in [5.41, 5.74) is 0.862. The second-order valence-electron chi connectivity index (χ2n) is 5.67. The van der Waals surface area contributed by atoms with Crippen molar-refractivity contribution < 1.29 is 14.7 Å². The van der Waals surface area contributed by atoms with Crippen LogP contribution in [0.1, 0.15) is 31.2 Å². The molecule has 1 aliphatic rings. The molecule has 0 heterocycles. The molecule has 0 bridgehead atoms. The minimum absolute atomic E-state index is 0.00363. The van der Waals surface area contributed by atoms with Crippen LogP contribution in [-0.4, -0.2) is 35.5 Å². The average molecular weight is 275 g/mol. The van der Waals surface area contributed by atoms with Gasteiger partial charge < -0.3 is 10.0 Å². The number of amides is 1. The Kier molecular flexibility index (Phi) is 4.42. The van der Waals surface area contributed by atoms with Crippen LogP contribution >= 0.6 is 0 Å². The van der Waals surface area contributed by atoms with Crippen LogP contribution in [0.2, 0.25) is 0 Å². The average Bonchev–Trinajstić information content (AvgIpc) is 2.40. The van der Waals surface area contributed by atoms with Gasteiger partial charge in [-0.05, 0) is 24.8 Å². The Balaban J connectivity index is 2.03. The summed E-state index contributed by atoms with van der Waals surface area (Å²) in [7, 11) is 1.70. The van der Waals surface area contributed by atoms with Crippen LogP contribution in [0, 0.1) is 5.41 Å². The summed E-state index contributed by atoms with van der Waals surface area (Å²) in [4.78, 5) is 24.8. The van der Waals surface area contributed by atoms with E-state index in [2.05, 4.69) is 0 Å². The zero-order valence-electron chi connectivity index (χ0n) is 11.8. The molecular weight excluding hydrogens is 254 g/mol. The third-order valence-corrected chi connectivity index (χ3v) is 4.16. The number of carboxylic acid groups (broad SMARTS) is 1. The van der Waals surface area contributed by atoms with Gasteiger partial charge in [-0.1, -0.05) is 36.8 Å². The molecule has 1 fully saturated rings. The molecule has 1 aromatic carbocycles. The number of benzene rings is 1. The van der Waals surface area contributed by atoms with Gasteiger partial charge in [-0.25, -0.2) is 0 Å². The van der Waals surface area contributed by atoms with Gasteiger partial charge in [0.25, 0.3) is 0 Å².